The van der Waals surface area contributed by atoms with Crippen molar-refractivity contribution in [2.45, 2.75) is 91.1 Å². The summed E-state index contributed by atoms with van der Waals surface area (Å²) < 4.78 is 36.5. The van der Waals surface area contributed by atoms with Crippen molar-refractivity contribution in [3.63, 3.8) is 0 Å². The molecule has 8 atom stereocenters. The number of carboxylic acids is 1. The van der Waals surface area contributed by atoms with Crippen LogP contribution in [-0.2, 0) is 24.2 Å². The maximum Gasteiger partial charge on any atom is 0.397 e. The quantitative estimate of drug-likeness (QED) is 0.326. The van der Waals surface area contributed by atoms with E-state index in [-0.39, 0.29) is 23.3 Å². The van der Waals surface area contributed by atoms with Gasteiger partial charge in [0.2, 0.25) is 5.91 Å². The fraction of sp³-hybridized carbons (Fsp3) is 0.846. The number of nitrogens with one attached hydrogen (secondary N) is 1. The molecule has 198 valence electrons. The maximum atomic E-state index is 12.0. The summed E-state index contributed by atoms with van der Waals surface area (Å²) in [6, 6.07) is 0. The Hall–Kier alpha value is -1.45. The first-order chi connectivity index (χ1) is 16.3. The molecule has 8 nitrogen and oxygen atoms in total. The van der Waals surface area contributed by atoms with Crippen molar-refractivity contribution < 1.29 is 31.8 Å². The highest BCUT2D eigenvalue weighted by Gasteiger charge is 2.59. The van der Waals surface area contributed by atoms with Crippen molar-refractivity contribution in [3.8, 4) is 0 Å². The van der Waals surface area contributed by atoms with E-state index in [1.807, 2.05) is 0 Å². The Morgan fingerprint density at radius 3 is 2.60 bits per heavy atom. The van der Waals surface area contributed by atoms with Gasteiger partial charge in [-0.2, -0.15) is 8.42 Å². The Balaban J connectivity index is 1.42. The van der Waals surface area contributed by atoms with Crippen molar-refractivity contribution in [1.82, 2.24) is 5.32 Å². The molecule has 0 heterocycles. The number of carboxylic acid groups (broad SMARTS) is 1. The molecule has 4 rings (SSSR count). The molecule has 0 spiro atoms. The highest BCUT2D eigenvalue weighted by molar-refractivity contribution is 7.80. The van der Waals surface area contributed by atoms with E-state index in [0.717, 1.165) is 25.7 Å². The van der Waals surface area contributed by atoms with E-state index in [1.165, 1.54) is 24.8 Å². The van der Waals surface area contributed by atoms with Crippen LogP contribution in [0.5, 0.6) is 0 Å². The van der Waals surface area contributed by atoms with E-state index in [2.05, 4.69) is 32.2 Å². The molecule has 3 N–H and O–H groups in total. The molecule has 0 saturated heterocycles. The topological polar surface area (TPSA) is 130 Å². The highest BCUT2D eigenvalue weighted by atomic mass is 32.3. The minimum atomic E-state index is -4.43. The van der Waals surface area contributed by atoms with Crippen LogP contribution < -0.4 is 5.32 Å². The first-order valence-electron chi connectivity index (χ1n) is 13.2. The zero-order valence-electron chi connectivity index (χ0n) is 21.2. The Morgan fingerprint density at radius 2 is 1.91 bits per heavy atom. The SMILES string of the molecule is C[C@H](CCC(=O)NCC(=O)O)[C@H]1CC[C@H]2[C@@H]3CC=C4C[C@@H](OS(=O)(=O)O)CC[C@]4(C)[C@H]3CC[C@]12C. The van der Waals surface area contributed by atoms with Gasteiger partial charge in [0.15, 0.2) is 0 Å². The van der Waals surface area contributed by atoms with Gasteiger partial charge >= 0.3 is 16.4 Å². The van der Waals surface area contributed by atoms with Crippen molar-refractivity contribution in [1.29, 1.82) is 0 Å². The molecule has 0 aromatic rings. The van der Waals surface area contributed by atoms with Crippen molar-refractivity contribution in [3.05, 3.63) is 11.6 Å². The summed E-state index contributed by atoms with van der Waals surface area (Å²) in [5, 5.41) is 11.2. The largest absolute Gasteiger partial charge is 0.480 e. The van der Waals surface area contributed by atoms with E-state index < -0.39 is 22.5 Å². The molecule has 0 bridgehead atoms. The third kappa shape index (κ3) is 5.32. The average molecular weight is 512 g/mol. The van der Waals surface area contributed by atoms with Crippen LogP contribution in [0.4, 0.5) is 0 Å². The third-order valence-corrected chi connectivity index (χ3v) is 10.9. The highest BCUT2D eigenvalue weighted by Crippen LogP contribution is 2.67. The molecule has 1 amide bonds. The second kappa shape index (κ2) is 9.78. The third-order valence-electron chi connectivity index (χ3n) is 10.3. The Morgan fingerprint density at radius 1 is 1.17 bits per heavy atom. The molecule has 9 heteroatoms. The van der Waals surface area contributed by atoms with Crippen molar-refractivity contribution in [2.75, 3.05) is 6.54 Å². The number of carbonyl (C=O) groups is 2. The summed E-state index contributed by atoms with van der Waals surface area (Å²) in [5.74, 6) is 1.63. The zero-order chi connectivity index (χ0) is 25.6. The lowest BCUT2D eigenvalue weighted by molar-refractivity contribution is -0.138. The molecule has 0 aliphatic heterocycles. The van der Waals surface area contributed by atoms with Crippen LogP contribution in [0.25, 0.3) is 0 Å². The second-order valence-electron chi connectivity index (χ2n) is 12.1. The second-order valence-corrected chi connectivity index (χ2v) is 13.1. The first kappa shape index (κ1) is 26.6. The number of allylic oxidation sites excluding steroid dienone is 1. The van der Waals surface area contributed by atoms with Crippen molar-refractivity contribution in [2.24, 2.45) is 40.4 Å². The monoisotopic (exact) mass is 511 g/mol. The van der Waals surface area contributed by atoms with Gasteiger partial charge in [-0.25, -0.2) is 4.18 Å². The van der Waals surface area contributed by atoms with E-state index in [0.29, 0.717) is 48.9 Å². The molecule has 3 fully saturated rings. The summed E-state index contributed by atoms with van der Waals surface area (Å²) >= 11 is 0. The Labute approximate surface area is 209 Å². The van der Waals surface area contributed by atoms with Gasteiger partial charge in [-0.1, -0.05) is 32.4 Å². The molecule has 35 heavy (non-hydrogen) atoms. The molecular formula is C26H41NO7S. The van der Waals surface area contributed by atoms with Crippen LogP contribution in [-0.4, -0.2) is 42.6 Å². The molecule has 0 unspecified atom stereocenters. The van der Waals surface area contributed by atoms with Gasteiger partial charge in [-0.15, -0.1) is 0 Å². The summed E-state index contributed by atoms with van der Waals surface area (Å²) in [5.41, 5.74) is 1.62. The number of aliphatic carboxylic acids is 1. The lowest BCUT2D eigenvalue weighted by atomic mass is 9.47. The minimum absolute atomic E-state index is 0.0647. The van der Waals surface area contributed by atoms with Crippen LogP contribution in [0.3, 0.4) is 0 Å². The number of hydrogen-bond acceptors (Lipinski definition) is 5. The fourth-order valence-corrected chi connectivity index (χ4v) is 9.19. The molecule has 3 saturated carbocycles. The Kier molecular flexibility index (Phi) is 7.44. The van der Waals surface area contributed by atoms with Gasteiger partial charge < -0.3 is 10.4 Å². The molecule has 0 aromatic heterocycles. The van der Waals surface area contributed by atoms with Crippen LogP contribution in [0.15, 0.2) is 11.6 Å². The van der Waals surface area contributed by atoms with E-state index in [4.69, 9.17) is 13.8 Å². The number of hydrogen-bond donors (Lipinski definition) is 3. The van der Waals surface area contributed by atoms with Gasteiger partial charge in [0.05, 0.1) is 6.10 Å². The Bertz CT molecular complexity index is 978. The zero-order valence-corrected chi connectivity index (χ0v) is 22.0. The number of rotatable bonds is 8. The summed E-state index contributed by atoms with van der Waals surface area (Å²) in [6.07, 6.45) is 10.9. The lowest BCUT2D eigenvalue weighted by Crippen LogP contribution is -2.51. The molecule has 4 aliphatic carbocycles. The number of carbonyl (C=O) groups excluding carboxylic acids is 1. The molecular weight excluding hydrogens is 470 g/mol. The fourth-order valence-electron chi connectivity index (χ4n) is 8.68. The van der Waals surface area contributed by atoms with Gasteiger partial charge in [-0.3, -0.25) is 14.1 Å². The number of amides is 1. The van der Waals surface area contributed by atoms with E-state index in [9.17, 15) is 18.0 Å². The van der Waals surface area contributed by atoms with E-state index in [1.54, 1.807) is 0 Å². The lowest BCUT2D eigenvalue weighted by Gasteiger charge is -2.58. The summed E-state index contributed by atoms with van der Waals surface area (Å²) in [7, 11) is -4.43. The van der Waals surface area contributed by atoms with Gasteiger partial charge in [0.25, 0.3) is 0 Å². The normalized spacial score (nSPS) is 39.5. The van der Waals surface area contributed by atoms with Gasteiger partial charge in [0.1, 0.15) is 6.54 Å². The van der Waals surface area contributed by atoms with Crippen LogP contribution in [0.1, 0.15) is 85.0 Å². The molecule has 4 aliphatic rings. The van der Waals surface area contributed by atoms with Gasteiger partial charge in [0, 0.05) is 6.42 Å². The van der Waals surface area contributed by atoms with E-state index >= 15 is 0 Å². The average Bonchev–Trinajstić information content (AvgIpc) is 3.12. The molecule has 0 radical (unpaired) electrons. The van der Waals surface area contributed by atoms with Crippen LogP contribution in [0, 0.1) is 40.4 Å². The summed E-state index contributed by atoms with van der Waals surface area (Å²) in [6.45, 7) is 6.75. The van der Waals surface area contributed by atoms with Gasteiger partial charge in [-0.05, 0) is 98.2 Å². The van der Waals surface area contributed by atoms with Crippen LogP contribution >= 0.6 is 0 Å². The first-order valence-corrected chi connectivity index (χ1v) is 14.5. The predicted molar refractivity (Wildman–Crippen MR) is 131 cm³/mol. The molecule has 0 aromatic carbocycles. The standard InChI is InChI=1S/C26H41NO7S/c1-16(4-9-23(28)27-15-24(29)30)20-7-8-21-19-6-5-17-14-18(34-35(31,32)33)10-12-25(17,2)22(19)11-13-26(20,21)3/h5,16,18-22H,4,6-15H2,1-3H3,(H,27,28)(H,29,30)(H,31,32,33)/t16-,18+,19+,20-,21+,22+,25+,26-/m1/s1. The van der Waals surface area contributed by atoms with Crippen LogP contribution in [0.2, 0.25) is 0 Å². The predicted octanol–water partition coefficient (Wildman–Crippen LogP) is 4.37. The van der Waals surface area contributed by atoms with Crippen molar-refractivity contribution >= 4 is 22.3 Å². The maximum absolute atomic E-state index is 12.0. The summed E-state index contributed by atoms with van der Waals surface area (Å²) in [4.78, 5) is 22.7. The number of fused-ring (bicyclic) bond motifs is 5. The minimum Gasteiger partial charge on any atom is -0.480 e. The smallest absolute Gasteiger partial charge is 0.397 e.